The number of pyridine rings is 1. The average Bonchev–Trinajstić information content (AvgIpc) is 3.40. The second-order valence-corrected chi connectivity index (χ2v) is 15.7. The number of hydrogen-bond donors (Lipinski definition) is 1. The number of anilines is 1. The van der Waals surface area contributed by atoms with Crippen molar-refractivity contribution in [3.05, 3.63) is 71.4 Å². The predicted molar refractivity (Wildman–Crippen MR) is 197 cm³/mol. The van der Waals surface area contributed by atoms with Gasteiger partial charge in [0.15, 0.2) is 5.54 Å². The smallest absolute Gasteiger partial charge is 0.318 e. The van der Waals surface area contributed by atoms with Gasteiger partial charge in [-0.3, -0.25) is 14.6 Å². The van der Waals surface area contributed by atoms with Gasteiger partial charge in [-0.1, -0.05) is 6.92 Å². The highest BCUT2D eigenvalue weighted by atomic mass is 32.2. The number of rotatable bonds is 12. The Kier molecular flexibility index (Phi) is 10.4. The minimum absolute atomic E-state index is 0.00401. The van der Waals surface area contributed by atoms with Gasteiger partial charge in [0.05, 0.1) is 63.5 Å². The summed E-state index contributed by atoms with van der Waals surface area (Å²) < 4.78 is 51.7. The molecule has 286 valence electrons. The van der Waals surface area contributed by atoms with Crippen LogP contribution in [0.5, 0.6) is 17.4 Å². The van der Waals surface area contributed by atoms with E-state index in [0.29, 0.717) is 35.2 Å². The van der Waals surface area contributed by atoms with Crippen molar-refractivity contribution in [1.82, 2.24) is 25.0 Å². The van der Waals surface area contributed by atoms with Crippen LogP contribution < -0.4 is 23.8 Å². The zero-order valence-corrected chi connectivity index (χ0v) is 31.7. The molecule has 4 aliphatic heterocycles. The van der Waals surface area contributed by atoms with Crippen molar-refractivity contribution >= 4 is 27.6 Å². The molecule has 1 unspecified atom stereocenters. The maximum absolute atomic E-state index is 15.1. The van der Waals surface area contributed by atoms with E-state index in [1.54, 1.807) is 17.0 Å². The van der Waals surface area contributed by atoms with Gasteiger partial charge in [-0.25, -0.2) is 18.2 Å². The number of hydrogen-bond acceptors (Lipinski definition) is 12. The first-order valence-electron chi connectivity index (χ1n) is 18.1. The standard InChI is InChI=1S/C38H45N7O8S/c1-5-15-44(28-23-53-24-28)26-12-16-42(17-13-26)27-21-43(22-27)37(47)41-38(30-7-6-14-40-35(30)52-4)31-18-25(20-39)8-10-32(31)45(36(38)46)54(48,49)34-11-9-29(50-2)19-33(34)51-3/h6-11,14,18-19,26-28H,5,12-13,15-17,21-24H2,1-4H3,(H,41,47). The SMILES string of the molecule is CCCN(C1CCN(C2CN(C(=O)NC3(c4cccnc4OC)C(=O)N(S(=O)(=O)c4ccc(OC)cc4OC)c4ccc(C#N)cc43)C2)CC1)C1COC1. The van der Waals surface area contributed by atoms with Crippen molar-refractivity contribution in [2.45, 2.75) is 54.7 Å². The van der Waals surface area contributed by atoms with Crippen molar-refractivity contribution in [1.29, 1.82) is 5.26 Å². The van der Waals surface area contributed by atoms with E-state index in [4.69, 9.17) is 18.9 Å². The number of sulfonamides is 1. The molecule has 0 radical (unpaired) electrons. The van der Waals surface area contributed by atoms with Crippen LogP contribution in [0.15, 0.2) is 59.6 Å². The lowest BCUT2D eigenvalue weighted by molar-refractivity contribution is -0.121. The zero-order chi connectivity index (χ0) is 38.2. The molecule has 0 bridgehead atoms. The Morgan fingerprint density at radius 3 is 2.43 bits per heavy atom. The summed E-state index contributed by atoms with van der Waals surface area (Å²) >= 11 is 0. The van der Waals surface area contributed by atoms with Crippen LogP contribution in [0.1, 0.15) is 42.9 Å². The van der Waals surface area contributed by atoms with Gasteiger partial charge < -0.3 is 29.2 Å². The molecule has 1 N–H and O–H groups in total. The summed E-state index contributed by atoms with van der Waals surface area (Å²) in [7, 11) is -0.583. The second kappa shape index (κ2) is 15.1. The molecular weight excluding hydrogens is 715 g/mol. The lowest BCUT2D eigenvalue weighted by atomic mass is 9.83. The molecule has 0 spiro atoms. The lowest BCUT2D eigenvalue weighted by Crippen LogP contribution is -2.67. The number of methoxy groups -OCH3 is 3. The van der Waals surface area contributed by atoms with Crippen molar-refractivity contribution in [2.75, 3.05) is 71.6 Å². The third-order valence-electron chi connectivity index (χ3n) is 11.0. The molecule has 3 aromatic rings. The van der Waals surface area contributed by atoms with E-state index >= 15 is 4.79 Å². The molecule has 1 aromatic heterocycles. The number of urea groups is 1. The summed E-state index contributed by atoms with van der Waals surface area (Å²) in [6, 6.07) is 14.1. The molecule has 1 atom stereocenters. The number of carbonyl (C=O) groups excluding carboxylic acids is 2. The van der Waals surface area contributed by atoms with Crippen LogP contribution in [0.4, 0.5) is 10.5 Å². The van der Waals surface area contributed by atoms with E-state index in [-0.39, 0.29) is 44.9 Å². The lowest BCUT2D eigenvalue weighted by Gasteiger charge is -2.50. The van der Waals surface area contributed by atoms with E-state index in [1.807, 2.05) is 0 Å². The molecule has 15 nitrogen and oxygen atoms in total. The van der Waals surface area contributed by atoms with Gasteiger partial charge in [-0.15, -0.1) is 0 Å². The molecular formula is C38H45N7O8S. The molecule has 16 heteroatoms. The molecule has 54 heavy (non-hydrogen) atoms. The van der Waals surface area contributed by atoms with Gasteiger partial charge in [-0.05, 0) is 68.3 Å². The van der Waals surface area contributed by atoms with Gasteiger partial charge in [0.2, 0.25) is 5.88 Å². The summed E-state index contributed by atoms with van der Waals surface area (Å²) in [5.74, 6) is -0.712. The highest BCUT2D eigenvalue weighted by molar-refractivity contribution is 7.93. The van der Waals surface area contributed by atoms with Crippen LogP contribution in [-0.2, 0) is 25.1 Å². The first kappa shape index (κ1) is 37.4. The summed E-state index contributed by atoms with van der Waals surface area (Å²) in [4.78, 5) is 40.1. The third-order valence-corrected chi connectivity index (χ3v) is 12.7. The fourth-order valence-electron chi connectivity index (χ4n) is 8.08. The third kappa shape index (κ3) is 6.28. The van der Waals surface area contributed by atoms with Gasteiger partial charge in [0, 0.05) is 56.1 Å². The van der Waals surface area contributed by atoms with Crippen LogP contribution >= 0.6 is 0 Å². The molecule has 4 aliphatic rings. The average molecular weight is 760 g/mol. The van der Waals surface area contributed by atoms with E-state index in [1.165, 1.54) is 63.9 Å². The summed E-state index contributed by atoms with van der Waals surface area (Å²) in [6.07, 6.45) is 4.64. The van der Waals surface area contributed by atoms with Crippen molar-refractivity contribution in [2.24, 2.45) is 0 Å². The predicted octanol–water partition coefficient (Wildman–Crippen LogP) is 2.93. The largest absolute Gasteiger partial charge is 0.497 e. The maximum atomic E-state index is 15.1. The first-order chi connectivity index (χ1) is 26.1. The van der Waals surface area contributed by atoms with Gasteiger partial charge in [-0.2, -0.15) is 9.57 Å². The number of nitrogens with one attached hydrogen (secondary N) is 1. The van der Waals surface area contributed by atoms with E-state index in [2.05, 4.69) is 33.1 Å². The maximum Gasteiger partial charge on any atom is 0.318 e. The number of amides is 3. The number of fused-ring (bicyclic) bond motifs is 1. The first-order valence-corrected chi connectivity index (χ1v) is 19.6. The monoisotopic (exact) mass is 759 g/mol. The van der Waals surface area contributed by atoms with Crippen LogP contribution in [0.2, 0.25) is 0 Å². The van der Waals surface area contributed by atoms with Crippen LogP contribution in [0.25, 0.3) is 0 Å². The van der Waals surface area contributed by atoms with E-state index in [9.17, 15) is 18.5 Å². The molecule has 2 aromatic carbocycles. The summed E-state index contributed by atoms with van der Waals surface area (Å²) in [6.45, 7) is 7.54. The highest BCUT2D eigenvalue weighted by Crippen LogP contribution is 2.50. The molecule has 3 saturated heterocycles. The second-order valence-electron chi connectivity index (χ2n) is 13.9. The van der Waals surface area contributed by atoms with Crippen LogP contribution in [0, 0.1) is 11.3 Å². The van der Waals surface area contributed by atoms with E-state index in [0.717, 1.165) is 52.1 Å². The summed E-state index contributed by atoms with van der Waals surface area (Å²) in [5.41, 5.74) is -1.86. The van der Waals surface area contributed by atoms with E-state index < -0.39 is 27.5 Å². The molecule has 0 saturated carbocycles. The topological polar surface area (TPSA) is 167 Å². The minimum atomic E-state index is -4.70. The van der Waals surface area contributed by atoms with Crippen molar-refractivity contribution in [3.8, 4) is 23.4 Å². The normalized spacial score (nSPS) is 20.9. The number of nitrogens with zero attached hydrogens (tertiary/aromatic N) is 6. The molecule has 7 rings (SSSR count). The Balaban J connectivity index is 1.20. The van der Waals surface area contributed by atoms with Gasteiger partial charge in [0.1, 0.15) is 16.4 Å². The highest BCUT2D eigenvalue weighted by Gasteiger charge is 2.59. The molecule has 5 heterocycles. The number of nitriles is 1. The number of benzene rings is 2. The van der Waals surface area contributed by atoms with Gasteiger partial charge in [0.25, 0.3) is 15.9 Å². The number of carbonyl (C=O) groups is 2. The van der Waals surface area contributed by atoms with Crippen LogP contribution in [0.3, 0.4) is 0 Å². The number of ether oxygens (including phenoxy) is 4. The van der Waals surface area contributed by atoms with Crippen LogP contribution in [-0.4, -0.2) is 125 Å². The Hall–Kier alpha value is -4.95. The Morgan fingerprint density at radius 2 is 1.80 bits per heavy atom. The minimum Gasteiger partial charge on any atom is -0.497 e. The quantitative estimate of drug-likeness (QED) is 0.287. The van der Waals surface area contributed by atoms with Gasteiger partial charge >= 0.3 is 6.03 Å². The number of aromatic nitrogens is 1. The Morgan fingerprint density at radius 1 is 1.04 bits per heavy atom. The molecule has 3 fully saturated rings. The fourth-order valence-corrected chi connectivity index (χ4v) is 9.69. The molecule has 3 amide bonds. The zero-order valence-electron chi connectivity index (χ0n) is 30.9. The number of likely N-dealkylation sites (tertiary alicyclic amines) is 2. The number of piperidine rings is 1. The summed E-state index contributed by atoms with van der Waals surface area (Å²) in [5, 5.41) is 12.9. The van der Waals surface area contributed by atoms with Crippen molar-refractivity contribution in [3.63, 3.8) is 0 Å². The fraction of sp³-hybridized carbons (Fsp3) is 0.474. The Bertz CT molecular complexity index is 2060. The Labute approximate surface area is 315 Å². The van der Waals surface area contributed by atoms with Crippen molar-refractivity contribution < 1.29 is 37.0 Å². The molecule has 0 aliphatic carbocycles.